The van der Waals surface area contributed by atoms with Crippen molar-refractivity contribution in [3.05, 3.63) is 108 Å². The number of nitrogens with zero attached hydrogens (tertiary/aromatic N) is 2. The molecule has 5 nitrogen and oxygen atoms in total. The lowest BCUT2D eigenvalue weighted by molar-refractivity contribution is 0.422. The number of aromatic nitrogens is 2. The van der Waals surface area contributed by atoms with Gasteiger partial charge in [-0.05, 0) is 84.4 Å². The molecule has 0 amide bonds. The van der Waals surface area contributed by atoms with Crippen LogP contribution in [0.5, 0.6) is 5.75 Å². The molecule has 2 heterocycles. The Labute approximate surface area is 185 Å². The van der Waals surface area contributed by atoms with Crippen molar-refractivity contribution in [3.63, 3.8) is 0 Å². The molecule has 0 radical (unpaired) electrons. The van der Waals surface area contributed by atoms with Crippen molar-refractivity contribution in [2.24, 2.45) is 0 Å². The number of allylic oxidation sites excluding steroid dienone is 1. The van der Waals surface area contributed by atoms with Crippen LogP contribution in [-0.2, 0) is 6.42 Å². The first-order chi connectivity index (χ1) is 15.6. The third-order valence-electron chi connectivity index (χ3n) is 5.93. The molecule has 6 rings (SSSR count). The Hall–Kier alpha value is -4.38. The Kier molecular flexibility index (Phi) is 4.08. The van der Waals surface area contributed by atoms with Gasteiger partial charge in [0.05, 0.1) is 11.2 Å². The number of nitrogen functional groups attached to an aromatic ring is 2. The number of hydrogen-bond acceptors (Lipinski definition) is 3. The van der Waals surface area contributed by atoms with Crippen LogP contribution in [0.15, 0.2) is 97.0 Å². The van der Waals surface area contributed by atoms with E-state index in [4.69, 9.17) is 16.2 Å². The average molecular weight is 419 g/mol. The molecule has 3 aromatic carbocycles. The van der Waals surface area contributed by atoms with Gasteiger partial charge in [-0.15, -0.1) is 0 Å². The molecule has 5 heteroatoms. The lowest BCUT2D eigenvalue weighted by atomic mass is 10.2. The number of nitrogens with two attached hydrogens (primary N) is 2. The molecule has 32 heavy (non-hydrogen) atoms. The van der Waals surface area contributed by atoms with Crippen LogP contribution in [0.3, 0.4) is 0 Å². The van der Waals surface area contributed by atoms with Crippen LogP contribution in [0.25, 0.3) is 28.4 Å². The third kappa shape index (κ3) is 3.11. The number of benzene rings is 3. The summed E-state index contributed by atoms with van der Waals surface area (Å²) in [5.41, 5.74) is 18.9. The fraction of sp³-hybridized carbons (Fsp3) is 0.0370. The summed E-state index contributed by atoms with van der Waals surface area (Å²) < 4.78 is 10.6. The molecule has 0 bridgehead atoms. The molecular formula is C27H22N4O. The standard InChI is InChI=1S/C27H22N4O/c28-20-1-5-22(6-2-20)30-13-11-18-15-24(9-10-26(18)30)32-25-16-19-12-14-31(27(19)17-25)23-7-3-21(29)4-8-23/h1-15,17H,16,28-29H2. The predicted octanol–water partition coefficient (Wildman–Crippen LogP) is 5.56. The fourth-order valence-electron chi connectivity index (χ4n) is 4.31. The van der Waals surface area contributed by atoms with Crippen molar-refractivity contribution < 1.29 is 4.74 Å². The molecule has 1 aliphatic rings. The lowest BCUT2D eigenvalue weighted by Gasteiger charge is -2.09. The van der Waals surface area contributed by atoms with Gasteiger partial charge in [0, 0.05) is 53.0 Å². The Bertz CT molecular complexity index is 1470. The van der Waals surface area contributed by atoms with Crippen molar-refractivity contribution in [3.8, 4) is 17.1 Å². The van der Waals surface area contributed by atoms with E-state index in [9.17, 15) is 0 Å². The summed E-state index contributed by atoms with van der Waals surface area (Å²) in [7, 11) is 0. The van der Waals surface area contributed by atoms with Crippen LogP contribution >= 0.6 is 0 Å². The van der Waals surface area contributed by atoms with Crippen molar-refractivity contribution in [2.45, 2.75) is 6.42 Å². The highest BCUT2D eigenvalue weighted by Gasteiger charge is 2.19. The minimum Gasteiger partial charge on any atom is -0.461 e. The summed E-state index contributed by atoms with van der Waals surface area (Å²) in [6.45, 7) is 0. The topological polar surface area (TPSA) is 71.1 Å². The molecule has 0 saturated carbocycles. The maximum Gasteiger partial charge on any atom is 0.127 e. The van der Waals surface area contributed by atoms with Gasteiger partial charge in [-0.3, -0.25) is 0 Å². The molecule has 156 valence electrons. The number of fused-ring (bicyclic) bond motifs is 2. The van der Waals surface area contributed by atoms with Gasteiger partial charge in [-0.2, -0.15) is 0 Å². The molecule has 1 aliphatic carbocycles. The smallest absolute Gasteiger partial charge is 0.127 e. The summed E-state index contributed by atoms with van der Waals surface area (Å²) in [6.07, 6.45) is 7.06. The van der Waals surface area contributed by atoms with Gasteiger partial charge in [0.2, 0.25) is 0 Å². The van der Waals surface area contributed by atoms with Crippen LogP contribution in [-0.4, -0.2) is 9.13 Å². The maximum atomic E-state index is 6.27. The van der Waals surface area contributed by atoms with E-state index in [0.717, 1.165) is 57.3 Å². The summed E-state index contributed by atoms with van der Waals surface area (Å²) in [5.74, 6) is 1.78. The van der Waals surface area contributed by atoms with Crippen LogP contribution in [0.1, 0.15) is 11.3 Å². The molecule has 2 aromatic heterocycles. The molecule has 4 N–H and O–H groups in total. The van der Waals surface area contributed by atoms with Gasteiger partial charge in [0.25, 0.3) is 0 Å². The van der Waals surface area contributed by atoms with Crippen molar-refractivity contribution in [1.29, 1.82) is 0 Å². The Morgan fingerprint density at radius 1 is 0.688 bits per heavy atom. The van der Waals surface area contributed by atoms with Crippen molar-refractivity contribution >= 4 is 28.4 Å². The van der Waals surface area contributed by atoms with Crippen LogP contribution in [0, 0.1) is 0 Å². The van der Waals surface area contributed by atoms with E-state index in [1.54, 1.807) is 0 Å². The van der Waals surface area contributed by atoms with Crippen molar-refractivity contribution in [1.82, 2.24) is 9.13 Å². The van der Waals surface area contributed by atoms with Gasteiger partial charge in [-0.1, -0.05) is 0 Å². The van der Waals surface area contributed by atoms with Gasteiger partial charge in [0.1, 0.15) is 11.5 Å². The van der Waals surface area contributed by atoms with Crippen LogP contribution in [0.4, 0.5) is 11.4 Å². The van der Waals surface area contributed by atoms with Gasteiger partial charge >= 0.3 is 0 Å². The molecule has 0 unspecified atom stereocenters. The SMILES string of the molecule is Nc1ccc(-n2ccc3c2C=C(Oc2ccc4c(ccn4-c4ccc(N)cc4)c2)C3)cc1. The first-order valence-electron chi connectivity index (χ1n) is 10.6. The van der Waals surface area contributed by atoms with E-state index in [1.807, 2.05) is 54.6 Å². The monoisotopic (exact) mass is 418 g/mol. The molecule has 0 fully saturated rings. The molecule has 5 aromatic rings. The highest BCUT2D eigenvalue weighted by Crippen LogP contribution is 2.32. The Morgan fingerprint density at radius 3 is 2.06 bits per heavy atom. The van der Waals surface area contributed by atoms with E-state index in [0.29, 0.717) is 0 Å². The fourth-order valence-corrected chi connectivity index (χ4v) is 4.31. The second-order valence-corrected chi connectivity index (χ2v) is 8.08. The number of anilines is 2. The summed E-state index contributed by atoms with van der Waals surface area (Å²) >= 11 is 0. The summed E-state index contributed by atoms with van der Waals surface area (Å²) in [5, 5.41) is 1.13. The second-order valence-electron chi connectivity index (χ2n) is 8.08. The van der Waals surface area contributed by atoms with E-state index in [2.05, 4.69) is 51.9 Å². The number of ether oxygens (including phenoxy) is 1. The first-order valence-corrected chi connectivity index (χ1v) is 10.6. The number of hydrogen-bond donors (Lipinski definition) is 2. The quantitative estimate of drug-likeness (QED) is 0.375. The molecule has 0 spiro atoms. The predicted molar refractivity (Wildman–Crippen MR) is 130 cm³/mol. The molecule has 0 saturated heterocycles. The van der Waals surface area contributed by atoms with E-state index in [1.165, 1.54) is 5.56 Å². The van der Waals surface area contributed by atoms with Gasteiger partial charge in [0.15, 0.2) is 0 Å². The molecule has 0 atom stereocenters. The first kappa shape index (κ1) is 18.4. The molecular weight excluding hydrogens is 396 g/mol. The third-order valence-corrected chi connectivity index (χ3v) is 5.93. The van der Waals surface area contributed by atoms with Crippen LogP contribution in [0.2, 0.25) is 0 Å². The highest BCUT2D eigenvalue weighted by molar-refractivity contribution is 5.83. The summed E-state index contributed by atoms with van der Waals surface area (Å²) in [6, 6.07) is 26.2. The van der Waals surface area contributed by atoms with Gasteiger partial charge in [-0.25, -0.2) is 0 Å². The van der Waals surface area contributed by atoms with Gasteiger partial charge < -0.3 is 25.3 Å². The van der Waals surface area contributed by atoms with Crippen LogP contribution < -0.4 is 16.2 Å². The maximum absolute atomic E-state index is 6.27. The van der Waals surface area contributed by atoms with E-state index < -0.39 is 0 Å². The largest absolute Gasteiger partial charge is 0.461 e. The highest BCUT2D eigenvalue weighted by atomic mass is 16.5. The second kappa shape index (κ2) is 7.10. The zero-order valence-electron chi connectivity index (χ0n) is 17.4. The Balaban J connectivity index is 1.27. The minimum absolute atomic E-state index is 0.760. The normalized spacial score (nSPS) is 12.7. The Morgan fingerprint density at radius 2 is 1.34 bits per heavy atom. The molecule has 0 aliphatic heterocycles. The average Bonchev–Trinajstić information content (AvgIpc) is 3.49. The summed E-state index contributed by atoms with van der Waals surface area (Å²) in [4.78, 5) is 0. The van der Waals surface area contributed by atoms with Crippen molar-refractivity contribution in [2.75, 3.05) is 11.5 Å². The minimum atomic E-state index is 0.760. The van der Waals surface area contributed by atoms with E-state index in [-0.39, 0.29) is 0 Å². The number of rotatable bonds is 4. The zero-order valence-corrected chi connectivity index (χ0v) is 17.4. The lowest BCUT2D eigenvalue weighted by Crippen LogP contribution is -1.96. The zero-order chi connectivity index (χ0) is 21.7. The van der Waals surface area contributed by atoms with E-state index >= 15 is 0 Å².